The topological polar surface area (TPSA) is 189 Å². The second kappa shape index (κ2) is 56.6. The van der Waals surface area contributed by atoms with Gasteiger partial charge in [0.15, 0.2) is 0 Å². The summed E-state index contributed by atoms with van der Waals surface area (Å²) in [5.41, 5.74) is 3.28. The van der Waals surface area contributed by atoms with Crippen LogP contribution in [0.5, 0.6) is 5.75 Å². The molecule has 1 N–H and O–H groups in total. The molecule has 1 fully saturated rings. The molecule has 1 heterocycles. The fourth-order valence-corrected chi connectivity index (χ4v) is 9.74. The van der Waals surface area contributed by atoms with Crippen LogP contribution < -0.4 is 55.2 Å². The van der Waals surface area contributed by atoms with E-state index in [0.717, 1.165) is 36.7 Å². The number of aryl methyl sites for hydroxylation is 1. The van der Waals surface area contributed by atoms with Crippen molar-refractivity contribution in [2.45, 2.75) is 32.1 Å². The van der Waals surface area contributed by atoms with Crippen LogP contribution in [0.25, 0.3) is 0 Å². The summed E-state index contributed by atoms with van der Waals surface area (Å²) in [4.78, 5) is 0. The van der Waals surface area contributed by atoms with Gasteiger partial charge in [0.05, 0.1) is 0 Å². The first-order valence-corrected chi connectivity index (χ1v) is 19.0. The van der Waals surface area contributed by atoms with Crippen molar-refractivity contribution in [1.82, 2.24) is 0 Å². The smallest absolute Gasteiger partial charge is 0 e. The SMILES string of the molecule is C1CCOC1.Cc1cc(CP(c2ccccc2)c2ccccc2)c(O)c(CP(c2ccccc2)c2ccccc2)c1.[Br-].[Br-].[C-]#[O+].[C-]#[O+].[C-]#[O+].[C-]#[O+].[C-]#[O+].[C-]#[O+].[C-]#[O+].[C-]#[O+].[Mn].[Mn]. The van der Waals surface area contributed by atoms with Crippen LogP contribution in [-0.2, 0) is 88.4 Å². The van der Waals surface area contributed by atoms with Crippen molar-refractivity contribution in [3.05, 3.63) is 203 Å². The number of phenolic OH excluding ortho intramolecular Hbond substituents is 1. The van der Waals surface area contributed by atoms with E-state index in [-0.39, 0.29) is 68.1 Å². The molecule has 1 aliphatic rings. The summed E-state index contributed by atoms with van der Waals surface area (Å²) in [5, 5.41) is 16.9. The summed E-state index contributed by atoms with van der Waals surface area (Å²) in [7, 11) is -1.26. The van der Waals surface area contributed by atoms with Gasteiger partial charge in [0.25, 0.3) is 0 Å². The van der Waals surface area contributed by atoms with Crippen molar-refractivity contribution in [3.63, 3.8) is 0 Å². The maximum Gasteiger partial charge on any atom is 0 e. The number of hydrogen-bond donors (Lipinski definition) is 1. The molecule has 16 heteroatoms. The molecule has 1 aliphatic heterocycles. The molecule has 10 nitrogen and oxygen atoms in total. The molecule has 0 aliphatic carbocycles. The van der Waals surface area contributed by atoms with Gasteiger partial charge in [-0.2, -0.15) is 0 Å². The van der Waals surface area contributed by atoms with Gasteiger partial charge in [-0.1, -0.05) is 139 Å². The van der Waals surface area contributed by atoms with Crippen LogP contribution in [0, 0.1) is 60.1 Å². The second-order valence-corrected chi connectivity index (χ2v) is 14.7. The van der Waals surface area contributed by atoms with Gasteiger partial charge in [-0.05, 0) is 68.0 Å². The van der Waals surface area contributed by atoms with Crippen LogP contribution in [0.3, 0.4) is 0 Å². The summed E-state index contributed by atoms with van der Waals surface area (Å²) >= 11 is 0. The molecule has 1 saturated heterocycles. The van der Waals surface area contributed by atoms with Gasteiger partial charge in [-0.25, -0.2) is 0 Å². The quantitative estimate of drug-likeness (QED) is 0.107. The maximum absolute atomic E-state index is 11.6. The predicted octanol–water partition coefficient (Wildman–Crippen LogP) is 1.47. The van der Waals surface area contributed by atoms with Crippen LogP contribution in [0.1, 0.15) is 29.5 Å². The third-order valence-corrected chi connectivity index (χ3v) is 12.2. The zero-order valence-corrected chi connectivity index (χ0v) is 39.8. The molecule has 5 aromatic rings. The molecule has 0 atom stereocenters. The van der Waals surface area contributed by atoms with Crippen LogP contribution in [0.4, 0.5) is 0 Å². The Kier molecular flexibility index (Phi) is 69.7. The first-order valence-electron chi connectivity index (χ1n) is 16.0. The van der Waals surface area contributed by atoms with E-state index < -0.39 is 15.8 Å². The van der Waals surface area contributed by atoms with E-state index >= 15 is 0 Å². The molecule has 0 amide bonds. The van der Waals surface area contributed by atoms with E-state index in [1.54, 1.807) is 0 Å². The number of rotatable bonds is 8. The van der Waals surface area contributed by atoms with E-state index in [4.69, 9.17) is 42.0 Å². The van der Waals surface area contributed by atoms with E-state index in [1.165, 1.54) is 39.6 Å². The molecule has 0 spiro atoms. The van der Waals surface area contributed by atoms with Crippen LogP contribution in [0.2, 0.25) is 0 Å². The molecule has 6 rings (SSSR count). The third-order valence-electron chi connectivity index (χ3n) is 7.17. The minimum atomic E-state index is -0.631. The maximum atomic E-state index is 11.6. The van der Waals surface area contributed by atoms with E-state index in [9.17, 15) is 5.11 Å². The van der Waals surface area contributed by atoms with Crippen molar-refractivity contribution in [3.8, 4) is 5.75 Å². The number of hydrogen-bond acceptors (Lipinski definition) is 2. The summed E-state index contributed by atoms with van der Waals surface area (Å²) in [6, 6.07) is 47.3. The second-order valence-electron chi connectivity index (χ2n) is 10.3. The summed E-state index contributed by atoms with van der Waals surface area (Å²) < 4.78 is 64.9. The van der Waals surface area contributed by atoms with E-state index in [0.29, 0.717) is 5.75 Å². The normalized spacial score (nSPS) is 8.84. The van der Waals surface area contributed by atoms with E-state index in [1.807, 2.05) is 0 Å². The fourth-order valence-electron chi connectivity index (χ4n) is 5.12. The van der Waals surface area contributed by atoms with Crippen molar-refractivity contribution in [2.24, 2.45) is 0 Å². The van der Waals surface area contributed by atoms with Crippen molar-refractivity contribution in [2.75, 3.05) is 13.2 Å². The molecule has 2 radical (unpaired) electrons. The average Bonchev–Trinajstić information content (AvgIpc) is 3.93. The van der Waals surface area contributed by atoms with E-state index in [2.05, 4.69) is 194 Å². The average molecular weight is 1070 g/mol. The fraction of sp³-hybridized carbons (Fsp3) is 0.156. The summed E-state index contributed by atoms with van der Waals surface area (Å²) in [5.74, 6) is 0.458. The van der Waals surface area contributed by atoms with Gasteiger partial charge in [-0.15, -0.1) is 0 Å². The molecule has 0 bridgehead atoms. The predicted molar refractivity (Wildman–Crippen MR) is 210 cm³/mol. The Morgan fingerprint density at radius 2 is 0.656 bits per heavy atom. The number of halogens is 2. The Morgan fingerprint density at radius 3 is 0.836 bits per heavy atom. The van der Waals surface area contributed by atoms with Gasteiger partial charge >= 0.3 is 90.4 Å². The van der Waals surface area contributed by atoms with Crippen molar-refractivity contribution < 1.29 is 115 Å². The van der Waals surface area contributed by atoms with Crippen LogP contribution in [-0.4, -0.2) is 18.3 Å². The molecule has 5 aromatic carbocycles. The monoisotopic (exact) mass is 1070 g/mol. The summed E-state index contributed by atoms with van der Waals surface area (Å²) in [6.45, 7) is 40.1. The van der Waals surface area contributed by atoms with Crippen molar-refractivity contribution >= 4 is 37.1 Å². The zero-order chi connectivity index (χ0) is 44.3. The number of aromatic hydroxyl groups is 1. The number of benzene rings is 5. The van der Waals surface area contributed by atoms with Gasteiger partial charge in [-0.3, -0.25) is 0 Å². The Hall–Kier alpha value is -3.36. The van der Waals surface area contributed by atoms with Crippen LogP contribution in [0.15, 0.2) is 133 Å². The number of phenols is 1. The minimum Gasteiger partial charge on any atom is 0 e. The Morgan fingerprint density at radius 1 is 0.443 bits per heavy atom. The van der Waals surface area contributed by atoms with Gasteiger partial charge in [0, 0.05) is 59.7 Å². The molecule has 61 heavy (non-hydrogen) atoms. The van der Waals surface area contributed by atoms with Gasteiger partial charge in [0.2, 0.25) is 0 Å². The van der Waals surface area contributed by atoms with Gasteiger partial charge in [0.1, 0.15) is 5.75 Å². The molecule has 0 aromatic heterocycles. The van der Waals surface area contributed by atoms with Crippen molar-refractivity contribution in [1.29, 1.82) is 0 Å². The first-order chi connectivity index (χ1) is 28.2. The summed E-state index contributed by atoms with van der Waals surface area (Å²) in [6.07, 6.45) is 4.19. The Balaban J connectivity index is -0.000000161. The minimum absolute atomic E-state index is 0. The standard InChI is InChI=1S/C33H30OP2.C4H8O.8CO.2BrH.2Mn/c1-26-22-27(24-35(29-14-6-2-7-15-29)30-16-8-3-9-17-30)33(34)28(23-26)25-36(31-18-10-4-11-19-31)32-20-12-5-13-21-32;1-2-4-5-3-1;8*1-2;;;;/h2-23,34H,24-25H2,1H3;1-4H2;;;;;;;;;2*1H;;/p-2. The third kappa shape index (κ3) is 31.2. The molecule has 0 unspecified atom stereocenters. The molecular weight excluding hydrogens is 1030 g/mol. The number of ether oxygens (including phenoxy) is 1. The Labute approximate surface area is 403 Å². The van der Waals surface area contributed by atoms with Crippen LogP contribution >= 0.6 is 15.8 Å². The zero-order valence-electron chi connectivity index (χ0n) is 32.5. The first kappa shape index (κ1) is 75.0. The largest absolute Gasteiger partial charge is 0 e. The molecule has 0 saturated carbocycles. The molecule has 318 valence electrons. The van der Waals surface area contributed by atoms with Gasteiger partial charge < -0.3 is 43.8 Å². The molecular formula is C45H38Br2Mn2O10P2-2. The Bertz CT molecular complexity index is 1630.